The van der Waals surface area contributed by atoms with E-state index >= 15 is 0 Å². The largest absolute Gasteiger partial charge is 0.497 e. The molecule has 0 aliphatic carbocycles. The number of aromatic nitrogens is 1. The number of piperidine rings is 1. The van der Waals surface area contributed by atoms with Crippen molar-refractivity contribution in [2.45, 2.75) is 19.3 Å². The van der Waals surface area contributed by atoms with Gasteiger partial charge in [-0.25, -0.2) is 13.3 Å². The van der Waals surface area contributed by atoms with Gasteiger partial charge in [0.2, 0.25) is 0 Å². The monoisotopic (exact) mass is 374 g/mol. The zero-order valence-electron chi connectivity index (χ0n) is 15.4. The molecule has 1 N–H and O–H groups in total. The van der Waals surface area contributed by atoms with Crippen molar-refractivity contribution in [3.63, 3.8) is 0 Å². The van der Waals surface area contributed by atoms with Crippen LogP contribution in [0.3, 0.4) is 0 Å². The van der Waals surface area contributed by atoms with Crippen molar-refractivity contribution in [1.29, 1.82) is 4.78 Å². The lowest BCUT2D eigenvalue weighted by Crippen LogP contribution is -2.42. The molecule has 0 saturated carbocycles. The topological polar surface area (TPSA) is 69.5 Å². The molecule has 2 fully saturated rings. The average molecular weight is 375 g/mol. The lowest BCUT2D eigenvalue weighted by atomic mass is 9.77. The number of nitrogens with zero attached hydrogens (tertiary/aromatic N) is 3. The Bertz CT molecular complexity index is 920. The molecule has 4 rings (SSSR count). The van der Waals surface area contributed by atoms with Crippen LogP contribution in [0.1, 0.15) is 19.3 Å². The van der Waals surface area contributed by atoms with Gasteiger partial charge in [0.1, 0.15) is 15.7 Å². The molecule has 2 saturated heterocycles. The summed E-state index contributed by atoms with van der Waals surface area (Å²) in [6, 6.07) is 8.14. The molecule has 1 aromatic heterocycles. The molecule has 1 atom stereocenters. The number of anilines is 1. The summed E-state index contributed by atoms with van der Waals surface area (Å²) in [5.74, 6) is 0.823. The van der Waals surface area contributed by atoms with Gasteiger partial charge in [0, 0.05) is 55.8 Å². The number of nitrogens with one attached hydrogen (secondary N) is 1. The van der Waals surface area contributed by atoms with Gasteiger partial charge in [0.25, 0.3) is 0 Å². The minimum atomic E-state index is -2.58. The van der Waals surface area contributed by atoms with E-state index in [9.17, 15) is 4.21 Å². The maximum absolute atomic E-state index is 12.1. The van der Waals surface area contributed by atoms with Crippen LogP contribution in [-0.2, 0) is 9.92 Å². The van der Waals surface area contributed by atoms with E-state index in [1.54, 1.807) is 13.4 Å². The summed E-state index contributed by atoms with van der Waals surface area (Å²) < 4.78 is 27.1. The van der Waals surface area contributed by atoms with Crippen LogP contribution in [0.2, 0.25) is 0 Å². The molecule has 1 spiro atoms. The van der Waals surface area contributed by atoms with Crippen molar-refractivity contribution in [2.24, 2.45) is 5.41 Å². The Morgan fingerprint density at radius 1 is 1.19 bits per heavy atom. The smallest absolute Gasteiger partial charge is 0.121 e. The molecule has 0 radical (unpaired) electrons. The molecule has 0 bridgehead atoms. The van der Waals surface area contributed by atoms with Crippen molar-refractivity contribution in [1.82, 2.24) is 9.29 Å². The maximum atomic E-state index is 12.1. The minimum absolute atomic E-state index is 0.224. The van der Waals surface area contributed by atoms with Crippen molar-refractivity contribution in [2.75, 3.05) is 44.4 Å². The molecule has 2 aliphatic rings. The SMILES string of the molecule is COc1ccc2c(N3CCC4(CC3)CCN(S(C)(=N)=O)C4)ccnc2c1. The molecular formula is C19H26N4O2S. The summed E-state index contributed by atoms with van der Waals surface area (Å²) in [7, 11) is -0.907. The molecular weight excluding hydrogens is 348 g/mol. The first-order valence-electron chi connectivity index (χ1n) is 9.07. The molecule has 7 heteroatoms. The number of rotatable bonds is 3. The molecule has 1 aromatic carbocycles. The third-order valence-corrected chi connectivity index (χ3v) is 7.28. The van der Waals surface area contributed by atoms with Crippen LogP contribution in [0.5, 0.6) is 5.75 Å². The second-order valence-corrected chi connectivity index (χ2v) is 9.74. The van der Waals surface area contributed by atoms with Crippen LogP contribution in [0.25, 0.3) is 10.9 Å². The van der Waals surface area contributed by atoms with Gasteiger partial charge < -0.3 is 9.64 Å². The van der Waals surface area contributed by atoms with Gasteiger partial charge in [-0.3, -0.25) is 4.98 Å². The fourth-order valence-electron chi connectivity index (χ4n) is 4.34. The zero-order chi connectivity index (χ0) is 18.4. The predicted molar refractivity (Wildman–Crippen MR) is 105 cm³/mol. The highest BCUT2D eigenvalue weighted by molar-refractivity contribution is 7.89. The minimum Gasteiger partial charge on any atom is -0.497 e. The molecule has 6 nitrogen and oxygen atoms in total. The van der Waals surface area contributed by atoms with Crippen LogP contribution in [0, 0.1) is 10.2 Å². The summed E-state index contributed by atoms with van der Waals surface area (Å²) in [6.45, 7) is 3.56. The number of fused-ring (bicyclic) bond motifs is 1. The van der Waals surface area contributed by atoms with E-state index in [0.717, 1.165) is 62.1 Å². The second-order valence-electron chi connectivity index (χ2n) is 7.62. The van der Waals surface area contributed by atoms with Gasteiger partial charge in [-0.2, -0.15) is 0 Å². The first kappa shape index (κ1) is 17.5. The number of ether oxygens (including phenoxy) is 1. The Hall–Kier alpha value is -1.86. The van der Waals surface area contributed by atoms with E-state index < -0.39 is 9.92 Å². The fraction of sp³-hybridized carbons (Fsp3) is 0.526. The van der Waals surface area contributed by atoms with E-state index in [2.05, 4.69) is 22.0 Å². The number of hydrogen-bond acceptors (Lipinski definition) is 5. The Labute approximate surface area is 155 Å². The third-order valence-electron chi connectivity index (χ3n) is 5.99. The van der Waals surface area contributed by atoms with Gasteiger partial charge >= 0.3 is 0 Å². The summed E-state index contributed by atoms with van der Waals surface area (Å²) in [5.41, 5.74) is 2.40. The Balaban J connectivity index is 1.53. The lowest BCUT2D eigenvalue weighted by molar-refractivity contribution is 0.236. The standard InChI is InChI=1S/C19H26N4O2S/c1-25-15-3-4-16-17(13-15)21-9-5-18(16)22-10-6-19(7-11-22)8-12-23(14-19)26(2,20)24/h3-5,9,13,20H,6-8,10-12,14H2,1-2H3. The summed E-state index contributed by atoms with van der Waals surface area (Å²) in [4.78, 5) is 6.93. The summed E-state index contributed by atoms with van der Waals surface area (Å²) in [5, 5.41) is 1.15. The van der Waals surface area contributed by atoms with Crippen LogP contribution < -0.4 is 9.64 Å². The fourth-order valence-corrected chi connectivity index (χ4v) is 5.30. The highest BCUT2D eigenvalue weighted by atomic mass is 32.2. The highest BCUT2D eigenvalue weighted by Gasteiger charge is 2.42. The Morgan fingerprint density at radius 2 is 1.92 bits per heavy atom. The van der Waals surface area contributed by atoms with Crippen LogP contribution in [0.4, 0.5) is 5.69 Å². The molecule has 1 unspecified atom stereocenters. The summed E-state index contributed by atoms with van der Waals surface area (Å²) >= 11 is 0. The number of methoxy groups -OCH3 is 1. The average Bonchev–Trinajstić information content (AvgIpc) is 3.05. The van der Waals surface area contributed by atoms with Gasteiger partial charge in [0.05, 0.1) is 12.6 Å². The Morgan fingerprint density at radius 3 is 2.58 bits per heavy atom. The van der Waals surface area contributed by atoms with Crippen molar-refractivity contribution in [3.05, 3.63) is 30.5 Å². The molecule has 0 amide bonds. The Kier molecular flexibility index (Phi) is 4.31. The number of benzene rings is 1. The van der Waals surface area contributed by atoms with Crippen molar-refractivity contribution < 1.29 is 8.95 Å². The van der Waals surface area contributed by atoms with Gasteiger partial charge in [-0.15, -0.1) is 0 Å². The lowest BCUT2D eigenvalue weighted by Gasteiger charge is -2.40. The second kappa shape index (κ2) is 6.39. The predicted octanol–water partition coefficient (Wildman–Crippen LogP) is 3.13. The zero-order valence-corrected chi connectivity index (χ0v) is 16.2. The van der Waals surface area contributed by atoms with Gasteiger partial charge in [-0.05, 0) is 42.9 Å². The van der Waals surface area contributed by atoms with E-state index in [4.69, 9.17) is 9.52 Å². The quantitative estimate of drug-likeness (QED) is 0.896. The van der Waals surface area contributed by atoms with Crippen LogP contribution in [-0.4, -0.2) is 53.0 Å². The van der Waals surface area contributed by atoms with Crippen LogP contribution in [0.15, 0.2) is 30.5 Å². The first-order chi connectivity index (χ1) is 12.4. The molecule has 26 heavy (non-hydrogen) atoms. The number of hydrogen-bond donors (Lipinski definition) is 1. The molecule has 3 heterocycles. The van der Waals surface area contributed by atoms with Gasteiger partial charge in [-0.1, -0.05) is 0 Å². The van der Waals surface area contributed by atoms with Crippen molar-refractivity contribution in [3.8, 4) is 5.75 Å². The first-order valence-corrected chi connectivity index (χ1v) is 11.0. The van der Waals surface area contributed by atoms with E-state index in [1.165, 1.54) is 5.69 Å². The molecule has 2 aromatic rings. The number of pyridine rings is 1. The van der Waals surface area contributed by atoms with E-state index in [1.807, 2.05) is 22.6 Å². The van der Waals surface area contributed by atoms with E-state index in [0.29, 0.717) is 0 Å². The van der Waals surface area contributed by atoms with Gasteiger partial charge in [0.15, 0.2) is 0 Å². The molecule has 140 valence electrons. The van der Waals surface area contributed by atoms with E-state index in [-0.39, 0.29) is 5.41 Å². The molecule has 2 aliphatic heterocycles. The van der Waals surface area contributed by atoms with Crippen LogP contribution >= 0.6 is 0 Å². The third kappa shape index (κ3) is 3.14. The van der Waals surface area contributed by atoms with Crippen molar-refractivity contribution >= 4 is 26.5 Å². The maximum Gasteiger partial charge on any atom is 0.121 e. The summed E-state index contributed by atoms with van der Waals surface area (Å²) in [6.07, 6.45) is 6.63. The highest BCUT2D eigenvalue weighted by Crippen LogP contribution is 2.42. The normalized spacial score (nSPS) is 22.6.